The molecular formula is C17H21NO7. The molecule has 0 bridgehead atoms. The second-order valence-electron chi connectivity index (χ2n) is 6.33. The van der Waals surface area contributed by atoms with E-state index in [9.17, 15) is 14.4 Å². The van der Waals surface area contributed by atoms with E-state index in [0.717, 1.165) is 0 Å². The molecular weight excluding hydrogens is 330 g/mol. The van der Waals surface area contributed by atoms with Crippen LogP contribution < -0.4 is 14.8 Å². The minimum atomic E-state index is -0.614. The van der Waals surface area contributed by atoms with Gasteiger partial charge in [-0.3, -0.25) is 9.59 Å². The Morgan fingerprint density at radius 2 is 1.88 bits per heavy atom. The standard InChI is InChI=1S/C17H21NO7/c1-17(2,3)25-16(21)18-7-6-15(20)22-9-12(19)11-4-5-13-14(8-11)24-10-23-13/h4-5,8H,6-7,9-10H2,1-3H3,(H,18,21). The van der Waals surface area contributed by atoms with Crippen molar-refractivity contribution in [3.05, 3.63) is 23.8 Å². The molecule has 1 amide bonds. The number of hydrogen-bond acceptors (Lipinski definition) is 7. The quantitative estimate of drug-likeness (QED) is 0.618. The van der Waals surface area contributed by atoms with E-state index in [1.807, 2.05) is 0 Å². The summed E-state index contributed by atoms with van der Waals surface area (Å²) in [5.41, 5.74) is -0.245. The van der Waals surface area contributed by atoms with Crippen molar-refractivity contribution in [2.45, 2.75) is 32.8 Å². The van der Waals surface area contributed by atoms with Crippen LogP contribution in [0, 0.1) is 0 Å². The zero-order valence-corrected chi connectivity index (χ0v) is 14.4. The van der Waals surface area contributed by atoms with Gasteiger partial charge in [-0.2, -0.15) is 0 Å². The van der Waals surface area contributed by atoms with Gasteiger partial charge in [0, 0.05) is 12.1 Å². The highest BCUT2D eigenvalue weighted by Crippen LogP contribution is 2.32. The van der Waals surface area contributed by atoms with Gasteiger partial charge < -0.3 is 24.3 Å². The second-order valence-corrected chi connectivity index (χ2v) is 6.33. The van der Waals surface area contributed by atoms with Crippen LogP contribution in [0.5, 0.6) is 11.5 Å². The SMILES string of the molecule is CC(C)(C)OC(=O)NCCC(=O)OCC(=O)c1ccc2c(c1)OCO2. The van der Waals surface area contributed by atoms with Crippen LogP contribution in [0.2, 0.25) is 0 Å². The summed E-state index contributed by atoms with van der Waals surface area (Å²) in [6.45, 7) is 5.01. The van der Waals surface area contributed by atoms with Crippen molar-refractivity contribution < 1.29 is 33.3 Å². The van der Waals surface area contributed by atoms with Crippen LogP contribution in [0.25, 0.3) is 0 Å². The van der Waals surface area contributed by atoms with E-state index in [1.165, 1.54) is 0 Å². The molecule has 0 aliphatic carbocycles. The zero-order chi connectivity index (χ0) is 18.4. The third-order valence-electron chi connectivity index (χ3n) is 3.06. The molecule has 0 radical (unpaired) electrons. The van der Waals surface area contributed by atoms with E-state index >= 15 is 0 Å². The van der Waals surface area contributed by atoms with Gasteiger partial charge in [0.25, 0.3) is 0 Å². The number of ketones is 1. The molecule has 1 N–H and O–H groups in total. The lowest BCUT2D eigenvalue weighted by Crippen LogP contribution is -2.33. The third kappa shape index (κ3) is 5.98. The molecule has 1 heterocycles. The fraction of sp³-hybridized carbons (Fsp3) is 0.471. The number of alkyl carbamates (subject to hydrolysis) is 1. The van der Waals surface area contributed by atoms with Gasteiger partial charge >= 0.3 is 12.1 Å². The van der Waals surface area contributed by atoms with E-state index in [-0.39, 0.29) is 32.1 Å². The highest BCUT2D eigenvalue weighted by molar-refractivity contribution is 5.98. The maximum Gasteiger partial charge on any atom is 0.407 e. The Bertz CT molecular complexity index is 663. The molecule has 1 aliphatic rings. The van der Waals surface area contributed by atoms with Crippen LogP contribution >= 0.6 is 0 Å². The highest BCUT2D eigenvalue weighted by Gasteiger charge is 2.18. The number of esters is 1. The largest absolute Gasteiger partial charge is 0.457 e. The smallest absolute Gasteiger partial charge is 0.407 e. The summed E-state index contributed by atoms with van der Waals surface area (Å²) < 4.78 is 20.3. The molecule has 1 aromatic carbocycles. The molecule has 136 valence electrons. The first-order valence-electron chi connectivity index (χ1n) is 7.80. The topological polar surface area (TPSA) is 100 Å². The maximum atomic E-state index is 12.0. The van der Waals surface area contributed by atoms with Gasteiger partial charge in [-0.05, 0) is 39.0 Å². The Labute approximate surface area is 145 Å². The molecule has 0 saturated carbocycles. The van der Waals surface area contributed by atoms with Gasteiger partial charge in [0.15, 0.2) is 23.9 Å². The molecule has 0 atom stereocenters. The molecule has 2 rings (SSSR count). The number of ether oxygens (including phenoxy) is 4. The minimum absolute atomic E-state index is 0.0615. The average molecular weight is 351 g/mol. The van der Waals surface area contributed by atoms with Gasteiger partial charge in [0.05, 0.1) is 6.42 Å². The first-order valence-corrected chi connectivity index (χ1v) is 7.80. The maximum absolute atomic E-state index is 12.0. The fourth-order valence-corrected chi connectivity index (χ4v) is 1.95. The minimum Gasteiger partial charge on any atom is -0.457 e. The number of fused-ring (bicyclic) bond motifs is 1. The van der Waals surface area contributed by atoms with Crippen LogP contribution in [-0.2, 0) is 14.3 Å². The Hall–Kier alpha value is -2.77. The fourth-order valence-electron chi connectivity index (χ4n) is 1.95. The molecule has 1 aromatic rings. The lowest BCUT2D eigenvalue weighted by atomic mass is 10.1. The van der Waals surface area contributed by atoms with Crippen LogP contribution in [0.3, 0.4) is 0 Å². The van der Waals surface area contributed by atoms with Crippen molar-refractivity contribution in [3.63, 3.8) is 0 Å². The lowest BCUT2D eigenvalue weighted by molar-refractivity contribution is -0.142. The molecule has 0 spiro atoms. The summed E-state index contributed by atoms with van der Waals surface area (Å²) >= 11 is 0. The lowest BCUT2D eigenvalue weighted by Gasteiger charge is -2.19. The van der Waals surface area contributed by atoms with Crippen molar-refractivity contribution in [3.8, 4) is 11.5 Å². The van der Waals surface area contributed by atoms with Crippen molar-refractivity contribution in [2.24, 2.45) is 0 Å². The van der Waals surface area contributed by atoms with Crippen LogP contribution in [0.4, 0.5) is 4.79 Å². The summed E-state index contributed by atoms with van der Waals surface area (Å²) in [5, 5.41) is 2.44. The first kappa shape index (κ1) is 18.6. The number of nitrogens with one attached hydrogen (secondary N) is 1. The summed E-state index contributed by atoms with van der Waals surface area (Å²) in [5.74, 6) is 0.109. The average Bonchev–Trinajstić information content (AvgIpc) is 2.98. The number of carbonyl (C=O) groups excluding carboxylic acids is 3. The van der Waals surface area contributed by atoms with Crippen LogP contribution in [-0.4, -0.2) is 43.4 Å². The summed E-state index contributed by atoms with van der Waals surface area (Å²) in [4.78, 5) is 35.1. The molecule has 0 fully saturated rings. The van der Waals surface area contributed by atoms with Crippen molar-refractivity contribution in [1.29, 1.82) is 0 Å². The molecule has 0 aromatic heterocycles. The summed E-state index contributed by atoms with van der Waals surface area (Å²) in [7, 11) is 0. The van der Waals surface area contributed by atoms with E-state index in [1.54, 1.807) is 39.0 Å². The molecule has 0 unspecified atom stereocenters. The number of rotatable bonds is 6. The van der Waals surface area contributed by atoms with E-state index < -0.39 is 17.7 Å². The molecule has 8 heteroatoms. The Kier molecular flexibility index (Phi) is 5.84. The van der Waals surface area contributed by atoms with E-state index in [4.69, 9.17) is 18.9 Å². The first-order chi connectivity index (χ1) is 11.7. The number of amides is 1. The van der Waals surface area contributed by atoms with Crippen molar-refractivity contribution >= 4 is 17.8 Å². The van der Waals surface area contributed by atoms with Gasteiger partial charge in [0.1, 0.15) is 5.60 Å². The Morgan fingerprint density at radius 1 is 1.16 bits per heavy atom. The monoisotopic (exact) mass is 351 g/mol. The third-order valence-corrected chi connectivity index (χ3v) is 3.06. The second kappa shape index (κ2) is 7.87. The molecule has 0 saturated heterocycles. The Balaban J connectivity index is 1.69. The molecule has 1 aliphatic heterocycles. The van der Waals surface area contributed by atoms with Gasteiger partial charge in [-0.25, -0.2) is 4.79 Å². The van der Waals surface area contributed by atoms with Crippen LogP contribution in [0.1, 0.15) is 37.6 Å². The van der Waals surface area contributed by atoms with E-state index in [2.05, 4.69) is 5.32 Å². The molecule has 25 heavy (non-hydrogen) atoms. The van der Waals surface area contributed by atoms with Crippen LogP contribution in [0.15, 0.2) is 18.2 Å². The number of carbonyl (C=O) groups is 3. The van der Waals surface area contributed by atoms with Crippen molar-refractivity contribution in [1.82, 2.24) is 5.32 Å². The number of benzene rings is 1. The zero-order valence-electron chi connectivity index (χ0n) is 14.4. The summed E-state index contributed by atoms with van der Waals surface area (Å²) in [6.07, 6.45) is -0.676. The number of hydrogen-bond donors (Lipinski definition) is 1. The number of Topliss-reactive ketones (excluding diaryl/α,β-unsaturated/α-hetero) is 1. The summed E-state index contributed by atoms with van der Waals surface area (Å²) in [6, 6.07) is 4.75. The predicted octanol–water partition coefficient (Wildman–Crippen LogP) is 2.06. The highest BCUT2D eigenvalue weighted by atomic mass is 16.7. The predicted molar refractivity (Wildman–Crippen MR) is 86.7 cm³/mol. The molecule has 8 nitrogen and oxygen atoms in total. The van der Waals surface area contributed by atoms with Crippen molar-refractivity contribution in [2.75, 3.05) is 19.9 Å². The van der Waals surface area contributed by atoms with E-state index in [0.29, 0.717) is 17.1 Å². The van der Waals surface area contributed by atoms with Gasteiger partial charge in [-0.15, -0.1) is 0 Å². The van der Waals surface area contributed by atoms with Gasteiger partial charge in [-0.1, -0.05) is 0 Å². The Morgan fingerprint density at radius 3 is 2.60 bits per heavy atom. The van der Waals surface area contributed by atoms with Gasteiger partial charge in [0.2, 0.25) is 6.79 Å². The normalized spacial score (nSPS) is 12.4.